The standard InChI is InChI=1S/C20H20N2O6/c1-13-3-2-4-15(7-13)20(25)22-10-19(24)26-11-18(23)21-9-14-5-6-16-17(8-14)28-12-27-16/h2-8H,9-12H2,1H3,(H,21,23)(H,22,25). The molecular weight excluding hydrogens is 364 g/mol. The minimum absolute atomic E-state index is 0.182. The zero-order valence-corrected chi connectivity index (χ0v) is 15.3. The van der Waals surface area contributed by atoms with Gasteiger partial charge in [0, 0.05) is 12.1 Å². The van der Waals surface area contributed by atoms with Crippen LogP contribution < -0.4 is 20.1 Å². The average molecular weight is 384 g/mol. The van der Waals surface area contributed by atoms with Crippen LogP contribution in [0.15, 0.2) is 42.5 Å². The van der Waals surface area contributed by atoms with Gasteiger partial charge in [-0.3, -0.25) is 14.4 Å². The summed E-state index contributed by atoms with van der Waals surface area (Å²) in [6.45, 7) is 1.57. The molecule has 8 nitrogen and oxygen atoms in total. The van der Waals surface area contributed by atoms with Gasteiger partial charge in [0.05, 0.1) is 0 Å². The molecule has 0 atom stereocenters. The first kappa shape index (κ1) is 19.2. The molecule has 2 amide bonds. The molecule has 8 heteroatoms. The second-order valence-electron chi connectivity index (χ2n) is 6.18. The Morgan fingerprint density at radius 1 is 1.04 bits per heavy atom. The molecule has 0 saturated carbocycles. The first-order valence-corrected chi connectivity index (χ1v) is 8.67. The summed E-state index contributed by atoms with van der Waals surface area (Å²) < 4.78 is 15.4. The number of carbonyl (C=O) groups is 3. The summed E-state index contributed by atoms with van der Waals surface area (Å²) in [7, 11) is 0. The van der Waals surface area contributed by atoms with Crippen LogP contribution in [0.5, 0.6) is 11.5 Å². The topological polar surface area (TPSA) is 103 Å². The molecule has 1 aliphatic heterocycles. The second-order valence-corrected chi connectivity index (χ2v) is 6.18. The lowest BCUT2D eigenvalue weighted by molar-refractivity contribution is -0.147. The molecule has 0 aliphatic carbocycles. The van der Waals surface area contributed by atoms with E-state index in [1.165, 1.54) is 0 Å². The lowest BCUT2D eigenvalue weighted by atomic mass is 10.1. The molecule has 0 unspecified atom stereocenters. The molecule has 2 N–H and O–H groups in total. The number of fused-ring (bicyclic) bond motifs is 1. The van der Waals surface area contributed by atoms with Crippen LogP contribution in [0, 0.1) is 6.92 Å². The second kappa shape index (κ2) is 8.90. The minimum atomic E-state index is -0.695. The molecule has 28 heavy (non-hydrogen) atoms. The highest BCUT2D eigenvalue weighted by molar-refractivity contribution is 5.96. The van der Waals surface area contributed by atoms with Gasteiger partial charge < -0.3 is 24.8 Å². The van der Waals surface area contributed by atoms with E-state index in [1.807, 2.05) is 13.0 Å². The largest absolute Gasteiger partial charge is 0.454 e. The lowest BCUT2D eigenvalue weighted by Gasteiger charge is -2.08. The van der Waals surface area contributed by atoms with E-state index in [0.717, 1.165) is 11.1 Å². The number of hydrogen-bond donors (Lipinski definition) is 2. The number of amides is 2. The van der Waals surface area contributed by atoms with Crippen molar-refractivity contribution in [1.29, 1.82) is 0 Å². The van der Waals surface area contributed by atoms with Crippen LogP contribution in [0.4, 0.5) is 0 Å². The van der Waals surface area contributed by atoms with E-state index in [2.05, 4.69) is 10.6 Å². The average Bonchev–Trinajstić information content (AvgIpc) is 3.16. The SMILES string of the molecule is Cc1cccc(C(=O)NCC(=O)OCC(=O)NCc2ccc3c(c2)OCO3)c1. The molecule has 3 rings (SSSR count). The Morgan fingerprint density at radius 2 is 1.86 bits per heavy atom. The van der Waals surface area contributed by atoms with Gasteiger partial charge in [-0.1, -0.05) is 23.8 Å². The Bertz CT molecular complexity index is 896. The summed E-state index contributed by atoms with van der Waals surface area (Å²) in [6, 6.07) is 12.3. The van der Waals surface area contributed by atoms with Crippen LogP contribution in [-0.2, 0) is 20.9 Å². The van der Waals surface area contributed by atoms with Crippen LogP contribution >= 0.6 is 0 Å². The van der Waals surface area contributed by atoms with E-state index < -0.39 is 18.5 Å². The number of carbonyl (C=O) groups excluding carboxylic acids is 3. The van der Waals surface area contributed by atoms with Crippen LogP contribution in [0.25, 0.3) is 0 Å². The molecular formula is C20H20N2O6. The fourth-order valence-electron chi connectivity index (χ4n) is 2.54. The summed E-state index contributed by atoms with van der Waals surface area (Å²) in [5, 5.41) is 5.10. The predicted octanol–water partition coefficient (Wildman–Crippen LogP) is 1.31. The van der Waals surface area contributed by atoms with E-state index in [-0.39, 0.29) is 25.8 Å². The summed E-state index contributed by atoms with van der Waals surface area (Å²) in [6.07, 6.45) is 0. The first-order chi connectivity index (χ1) is 13.5. The molecule has 2 aromatic rings. The number of hydrogen-bond acceptors (Lipinski definition) is 6. The maximum Gasteiger partial charge on any atom is 0.325 e. The molecule has 0 bridgehead atoms. The molecule has 0 saturated heterocycles. The fraction of sp³-hybridized carbons (Fsp3) is 0.250. The highest BCUT2D eigenvalue weighted by Gasteiger charge is 2.14. The number of nitrogens with one attached hydrogen (secondary N) is 2. The van der Waals surface area contributed by atoms with E-state index >= 15 is 0 Å². The van der Waals surface area contributed by atoms with Crippen LogP contribution in [0.3, 0.4) is 0 Å². The molecule has 2 aromatic carbocycles. The molecule has 0 spiro atoms. The third-order valence-electron chi connectivity index (χ3n) is 3.96. The number of ether oxygens (including phenoxy) is 3. The summed E-state index contributed by atoms with van der Waals surface area (Å²) >= 11 is 0. The first-order valence-electron chi connectivity index (χ1n) is 8.67. The monoisotopic (exact) mass is 384 g/mol. The Morgan fingerprint density at radius 3 is 2.68 bits per heavy atom. The molecule has 1 aliphatic rings. The fourth-order valence-corrected chi connectivity index (χ4v) is 2.54. The molecule has 0 fully saturated rings. The quantitative estimate of drug-likeness (QED) is 0.698. The van der Waals surface area contributed by atoms with Crippen molar-refractivity contribution in [3.05, 3.63) is 59.2 Å². The van der Waals surface area contributed by atoms with Crippen molar-refractivity contribution in [3.8, 4) is 11.5 Å². The Hall–Kier alpha value is -3.55. The van der Waals surface area contributed by atoms with Crippen molar-refractivity contribution in [2.45, 2.75) is 13.5 Å². The van der Waals surface area contributed by atoms with Gasteiger partial charge in [0.1, 0.15) is 6.54 Å². The smallest absolute Gasteiger partial charge is 0.325 e. The van der Waals surface area contributed by atoms with Gasteiger partial charge in [-0.25, -0.2) is 0 Å². The van der Waals surface area contributed by atoms with Crippen molar-refractivity contribution in [3.63, 3.8) is 0 Å². The van der Waals surface area contributed by atoms with E-state index in [1.54, 1.807) is 36.4 Å². The third kappa shape index (κ3) is 5.23. The number of esters is 1. The van der Waals surface area contributed by atoms with Gasteiger partial charge >= 0.3 is 5.97 Å². The summed E-state index contributed by atoms with van der Waals surface area (Å²) in [5.41, 5.74) is 2.22. The maximum atomic E-state index is 12.0. The summed E-state index contributed by atoms with van der Waals surface area (Å²) in [5.74, 6) is -0.234. The van der Waals surface area contributed by atoms with Gasteiger partial charge in [0.15, 0.2) is 18.1 Å². The molecule has 0 radical (unpaired) electrons. The van der Waals surface area contributed by atoms with E-state index in [4.69, 9.17) is 14.2 Å². The Balaban J connectivity index is 1.36. The maximum absolute atomic E-state index is 12.0. The van der Waals surface area contributed by atoms with Gasteiger partial charge in [-0.15, -0.1) is 0 Å². The minimum Gasteiger partial charge on any atom is -0.454 e. The predicted molar refractivity (Wildman–Crippen MR) is 98.9 cm³/mol. The van der Waals surface area contributed by atoms with Gasteiger partial charge in [0.25, 0.3) is 11.8 Å². The third-order valence-corrected chi connectivity index (χ3v) is 3.96. The van der Waals surface area contributed by atoms with Crippen molar-refractivity contribution in [2.75, 3.05) is 19.9 Å². The normalized spacial score (nSPS) is 11.6. The zero-order valence-electron chi connectivity index (χ0n) is 15.3. The van der Waals surface area contributed by atoms with Crippen molar-refractivity contribution < 1.29 is 28.6 Å². The van der Waals surface area contributed by atoms with Crippen molar-refractivity contribution in [2.24, 2.45) is 0 Å². The van der Waals surface area contributed by atoms with Crippen molar-refractivity contribution in [1.82, 2.24) is 10.6 Å². The van der Waals surface area contributed by atoms with Crippen LogP contribution in [0.2, 0.25) is 0 Å². The Kier molecular flexibility index (Phi) is 6.11. The van der Waals surface area contributed by atoms with Gasteiger partial charge in [-0.2, -0.15) is 0 Å². The summed E-state index contributed by atoms with van der Waals surface area (Å²) in [4.78, 5) is 35.5. The van der Waals surface area contributed by atoms with Crippen LogP contribution in [0.1, 0.15) is 21.5 Å². The Labute approximate surface area is 161 Å². The van der Waals surface area contributed by atoms with Crippen molar-refractivity contribution >= 4 is 17.8 Å². The highest BCUT2D eigenvalue weighted by atomic mass is 16.7. The number of benzene rings is 2. The highest BCUT2D eigenvalue weighted by Crippen LogP contribution is 2.32. The van der Waals surface area contributed by atoms with Gasteiger partial charge in [-0.05, 0) is 36.8 Å². The van der Waals surface area contributed by atoms with Crippen LogP contribution in [-0.4, -0.2) is 37.7 Å². The number of aryl methyl sites for hydroxylation is 1. The van der Waals surface area contributed by atoms with Gasteiger partial charge in [0.2, 0.25) is 6.79 Å². The van der Waals surface area contributed by atoms with E-state index in [9.17, 15) is 14.4 Å². The number of rotatable bonds is 7. The lowest BCUT2D eigenvalue weighted by Crippen LogP contribution is -2.33. The molecule has 0 aromatic heterocycles. The molecule has 1 heterocycles. The molecule has 146 valence electrons. The van der Waals surface area contributed by atoms with E-state index in [0.29, 0.717) is 17.1 Å². The zero-order chi connectivity index (χ0) is 19.9.